The number of carbonyl (C=O) groups is 3. The topological polar surface area (TPSA) is 91.4 Å². The number of hydrogen-bond acceptors (Lipinski definition) is 5. The molecule has 1 saturated heterocycles. The molecule has 21 heavy (non-hydrogen) atoms. The van der Waals surface area contributed by atoms with Gasteiger partial charge in [-0.25, -0.2) is 4.98 Å². The molecule has 1 aliphatic heterocycles. The highest BCUT2D eigenvalue weighted by atomic mass is 32.1. The molecule has 0 unspecified atom stereocenters. The van der Waals surface area contributed by atoms with Crippen molar-refractivity contribution < 1.29 is 14.4 Å². The van der Waals surface area contributed by atoms with Crippen LogP contribution in [0, 0.1) is 5.92 Å². The van der Waals surface area contributed by atoms with Crippen LogP contribution in [0.15, 0.2) is 5.38 Å². The summed E-state index contributed by atoms with van der Waals surface area (Å²) in [5.74, 6) is -0.110. The Labute approximate surface area is 125 Å². The van der Waals surface area contributed by atoms with E-state index < -0.39 is 0 Å². The van der Waals surface area contributed by atoms with Gasteiger partial charge >= 0.3 is 0 Å². The number of nitrogens with one attached hydrogen (secondary N) is 2. The molecule has 2 N–H and O–H groups in total. The van der Waals surface area contributed by atoms with Gasteiger partial charge in [0.15, 0.2) is 5.13 Å². The Morgan fingerprint density at radius 2 is 2.29 bits per heavy atom. The Morgan fingerprint density at radius 1 is 1.48 bits per heavy atom. The van der Waals surface area contributed by atoms with Crippen LogP contribution in [0.4, 0.5) is 5.13 Å². The van der Waals surface area contributed by atoms with E-state index in [4.69, 9.17) is 0 Å². The summed E-state index contributed by atoms with van der Waals surface area (Å²) in [6.45, 7) is 1.12. The summed E-state index contributed by atoms with van der Waals surface area (Å²) < 4.78 is 0. The summed E-state index contributed by atoms with van der Waals surface area (Å²) in [5, 5.41) is 7.74. The largest absolute Gasteiger partial charge is 0.353 e. The second-order valence-corrected chi connectivity index (χ2v) is 6.11. The van der Waals surface area contributed by atoms with Gasteiger partial charge in [-0.05, 0) is 12.8 Å². The number of thiazole rings is 1. The van der Waals surface area contributed by atoms with E-state index in [1.807, 2.05) is 0 Å². The van der Waals surface area contributed by atoms with Crippen molar-refractivity contribution in [3.05, 3.63) is 11.1 Å². The standard InChI is InChI=1S/C13H16N4O3S/c18-10-6-17(4-3-14-10)11(19)5-9-7-21-13(15-9)16-12(20)8-1-2-8/h7-8H,1-6H2,(H,14,18)(H,15,16,20). The quantitative estimate of drug-likeness (QED) is 0.818. The van der Waals surface area contributed by atoms with Crippen molar-refractivity contribution in [2.75, 3.05) is 25.0 Å². The Bertz CT molecular complexity index is 582. The Morgan fingerprint density at radius 3 is 3.00 bits per heavy atom. The van der Waals surface area contributed by atoms with Gasteiger partial charge in [-0.3, -0.25) is 14.4 Å². The maximum atomic E-state index is 12.1. The number of aromatic nitrogens is 1. The van der Waals surface area contributed by atoms with Gasteiger partial charge in [-0.15, -0.1) is 11.3 Å². The van der Waals surface area contributed by atoms with Crippen molar-refractivity contribution in [2.45, 2.75) is 19.3 Å². The summed E-state index contributed by atoms with van der Waals surface area (Å²) in [7, 11) is 0. The van der Waals surface area contributed by atoms with Crippen LogP contribution in [0.3, 0.4) is 0 Å². The molecule has 1 saturated carbocycles. The molecule has 0 radical (unpaired) electrons. The lowest BCUT2D eigenvalue weighted by Gasteiger charge is -2.26. The summed E-state index contributed by atoms with van der Waals surface area (Å²) in [6.07, 6.45) is 2.04. The average Bonchev–Trinajstić information content (AvgIpc) is 3.22. The molecule has 0 bridgehead atoms. The zero-order valence-electron chi connectivity index (χ0n) is 11.4. The van der Waals surface area contributed by atoms with Crippen LogP contribution in [-0.2, 0) is 20.8 Å². The lowest BCUT2D eigenvalue weighted by Crippen LogP contribution is -2.50. The minimum absolute atomic E-state index is 0.00919. The predicted molar refractivity (Wildman–Crippen MR) is 76.8 cm³/mol. The fraction of sp³-hybridized carbons (Fsp3) is 0.538. The van der Waals surface area contributed by atoms with E-state index in [2.05, 4.69) is 15.6 Å². The third-order valence-corrected chi connectivity index (χ3v) is 4.26. The summed E-state index contributed by atoms with van der Waals surface area (Å²) in [6, 6.07) is 0. The van der Waals surface area contributed by atoms with Gasteiger partial charge in [-0.1, -0.05) is 0 Å². The number of anilines is 1. The molecule has 112 valence electrons. The lowest BCUT2D eigenvalue weighted by molar-refractivity contribution is -0.137. The first kappa shape index (κ1) is 14.0. The monoisotopic (exact) mass is 308 g/mol. The second-order valence-electron chi connectivity index (χ2n) is 5.25. The van der Waals surface area contributed by atoms with E-state index in [9.17, 15) is 14.4 Å². The smallest absolute Gasteiger partial charge is 0.239 e. The predicted octanol–water partition coefficient (Wildman–Crippen LogP) is -0.00750. The molecule has 1 aliphatic carbocycles. The van der Waals surface area contributed by atoms with Crippen LogP contribution in [0.1, 0.15) is 18.5 Å². The molecule has 0 atom stereocenters. The van der Waals surface area contributed by atoms with Gasteiger partial charge in [-0.2, -0.15) is 0 Å². The van der Waals surface area contributed by atoms with Crippen molar-refractivity contribution in [2.24, 2.45) is 5.92 Å². The van der Waals surface area contributed by atoms with Gasteiger partial charge in [0.25, 0.3) is 0 Å². The molecule has 8 heteroatoms. The summed E-state index contributed by atoms with van der Waals surface area (Å²) >= 11 is 1.32. The number of piperazine rings is 1. The molecule has 2 fully saturated rings. The van der Waals surface area contributed by atoms with Crippen molar-refractivity contribution in [1.29, 1.82) is 0 Å². The van der Waals surface area contributed by atoms with Gasteiger partial charge < -0.3 is 15.5 Å². The molecular weight excluding hydrogens is 292 g/mol. The molecule has 7 nitrogen and oxygen atoms in total. The highest BCUT2D eigenvalue weighted by molar-refractivity contribution is 7.13. The SMILES string of the molecule is O=C1CN(C(=O)Cc2csc(NC(=O)C3CC3)n2)CCN1. The van der Waals surface area contributed by atoms with Gasteiger partial charge in [0, 0.05) is 24.4 Å². The maximum Gasteiger partial charge on any atom is 0.239 e. The van der Waals surface area contributed by atoms with E-state index >= 15 is 0 Å². The van der Waals surface area contributed by atoms with E-state index in [1.54, 1.807) is 5.38 Å². The van der Waals surface area contributed by atoms with Crippen LogP contribution in [-0.4, -0.2) is 47.2 Å². The first-order chi connectivity index (χ1) is 10.1. The van der Waals surface area contributed by atoms with Crippen LogP contribution in [0.25, 0.3) is 0 Å². The third kappa shape index (κ3) is 3.57. The molecule has 3 amide bonds. The minimum atomic E-state index is -0.134. The molecular formula is C13H16N4O3S. The van der Waals surface area contributed by atoms with Crippen molar-refractivity contribution >= 4 is 34.2 Å². The first-order valence-electron chi connectivity index (χ1n) is 6.91. The van der Waals surface area contributed by atoms with E-state index in [-0.39, 0.29) is 36.6 Å². The van der Waals surface area contributed by atoms with E-state index in [0.29, 0.717) is 23.9 Å². The Kier molecular flexibility index (Phi) is 3.87. The minimum Gasteiger partial charge on any atom is -0.353 e. The molecule has 3 rings (SSSR count). The highest BCUT2D eigenvalue weighted by Gasteiger charge is 2.30. The van der Waals surface area contributed by atoms with Gasteiger partial charge in [0.1, 0.15) is 0 Å². The Hall–Kier alpha value is -1.96. The average molecular weight is 308 g/mol. The maximum absolute atomic E-state index is 12.1. The van der Waals surface area contributed by atoms with Gasteiger partial charge in [0.05, 0.1) is 18.7 Å². The number of hydrogen-bond donors (Lipinski definition) is 2. The fourth-order valence-electron chi connectivity index (χ4n) is 2.12. The molecule has 2 heterocycles. The zero-order chi connectivity index (χ0) is 14.8. The molecule has 0 aromatic carbocycles. The van der Waals surface area contributed by atoms with Crippen LogP contribution < -0.4 is 10.6 Å². The van der Waals surface area contributed by atoms with Crippen LogP contribution >= 0.6 is 11.3 Å². The van der Waals surface area contributed by atoms with E-state index in [1.165, 1.54) is 16.2 Å². The summed E-state index contributed by atoms with van der Waals surface area (Å²) in [5.41, 5.74) is 0.627. The number of nitrogens with zero attached hydrogens (tertiary/aromatic N) is 2. The molecule has 1 aromatic heterocycles. The Balaban J connectivity index is 1.54. The van der Waals surface area contributed by atoms with Crippen molar-refractivity contribution in [3.63, 3.8) is 0 Å². The van der Waals surface area contributed by atoms with Crippen LogP contribution in [0.5, 0.6) is 0 Å². The third-order valence-electron chi connectivity index (χ3n) is 3.45. The second kappa shape index (κ2) is 5.80. The fourth-order valence-corrected chi connectivity index (χ4v) is 2.83. The molecule has 0 spiro atoms. The highest BCUT2D eigenvalue weighted by Crippen LogP contribution is 2.30. The van der Waals surface area contributed by atoms with Crippen molar-refractivity contribution in [1.82, 2.24) is 15.2 Å². The van der Waals surface area contributed by atoms with Gasteiger partial charge in [0.2, 0.25) is 17.7 Å². The number of amides is 3. The number of rotatable bonds is 4. The van der Waals surface area contributed by atoms with Crippen LogP contribution in [0.2, 0.25) is 0 Å². The zero-order valence-corrected chi connectivity index (χ0v) is 12.2. The normalized spacial score (nSPS) is 18.3. The molecule has 1 aromatic rings. The van der Waals surface area contributed by atoms with E-state index in [0.717, 1.165) is 12.8 Å². The summed E-state index contributed by atoms with van der Waals surface area (Å²) in [4.78, 5) is 40.8. The van der Waals surface area contributed by atoms with Crippen molar-refractivity contribution in [3.8, 4) is 0 Å². The lowest BCUT2D eigenvalue weighted by atomic mass is 10.2. The first-order valence-corrected chi connectivity index (χ1v) is 7.79. The number of carbonyl (C=O) groups excluding carboxylic acids is 3. The molecule has 2 aliphatic rings.